The van der Waals surface area contributed by atoms with Crippen LogP contribution in [0.3, 0.4) is 0 Å². The zero-order valence-corrected chi connectivity index (χ0v) is 10.8. The fourth-order valence-electron chi connectivity index (χ4n) is 2.98. The van der Waals surface area contributed by atoms with Crippen molar-refractivity contribution in [3.05, 3.63) is 0 Å². The Morgan fingerprint density at radius 2 is 2.19 bits per heavy atom. The van der Waals surface area contributed by atoms with Gasteiger partial charge in [0.2, 0.25) is 0 Å². The Morgan fingerprint density at radius 3 is 2.81 bits per heavy atom. The Labute approximate surface area is 98.9 Å². The molecule has 94 valence electrons. The predicted molar refractivity (Wildman–Crippen MR) is 64.6 cm³/mol. The van der Waals surface area contributed by atoms with Gasteiger partial charge in [-0.1, -0.05) is 0 Å². The molecule has 4 unspecified atom stereocenters. The average Bonchev–Trinajstić information content (AvgIpc) is 2.59. The molecule has 0 amide bonds. The Bertz CT molecular complexity index is 234. The summed E-state index contributed by atoms with van der Waals surface area (Å²) in [4.78, 5) is 0. The highest BCUT2D eigenvalue weighted by Crippen LogP contribution is 2.29. The molecule has 3 nitrogen and oxygen atoms in total. The Balaban J connectivity index is 1.88. The van der Waals surface area contributed by atoms with Crippen molar-refractivity contribution in [2.75, 3.05) is 13.7 Å². The van der Waals surface area contributed by atoms with Gasteiger partial charge in [-0.25, -0.2) is 0 Å². The summed E-state index contributed by atoms with van der Waals surface area (Å²) >= 11 is 0. The number of hydrogen-bond donors (Lipinski definition) is 1. The highest BCUT2D eigenvalue weighted by atomic mass is 16.5. The quantitative estimate of drug-likeness (QED) is 0.801. The zero-order chi connectivity index (χ0) is 11.6. The molecule has 1 aliphatic heterocycles. The standard InChI is InChI=1S/C13H25NO2/c1-10-13(2,7-8-16-10)14-11-5-4-6-12(9-11)15-3/h10-12,14H,4-9H2,1-3H3. The van der Waals surface area contributed by atoms with E-state index in [1.54, 1.807) is 0 Å². The molecule has 2 rings (SSSR count). The second-order valence-electron chi connectivity index (χ2n) is 5.55. The van der Waals surface area contributed by atoms with E-state index >= 15 is 0 Å². The molecule has 16 heavy (non-hydrogen) atoms. The SMILES string of the molecule is COC1CCCC(NC2(C)CCOC2C)C1. The number of hydrogen-bond acceptors (Lipinski definition) is 3. The maximum atomic E-state index is 5.67. The normalized spacial score (nSPS) is 44.8. The average molecular weight is 227 g/mol. The van der Waals surface area contributed by atoms with E-state index in [9.17, 15) is 0 Å². The van der Waals surface area contributed by atoms with Crippen LogP contribution in [0.25, 0.3) is 0 Å². The van der Waals surface area contributed by atoms with Crippen LogP contribution >= 0.6 is 0 Å². The maximum absolute atomic E-state index is 5.67. The number of methoxy groups -OCH3 is 1. The number of ether oxygens (including phenoxy) is 2. The van der Waals surface area contributed by atoms with Gasteiger partial charge in [0.1, 0.15) is 0 Å². The summed E-state index contributed by atoms with van der Waals surface area (Å²) in [5, 5.41) is 3.80. The van der Waals surface area contributed by atoms with Gasteiger partial charge in [0, 0.05) is 25.3 Å². The molecule has 0 bridgehead atoms. The van der Waals surface area contributed by atoms with Gasteiger partial charge in [-0.15, -0.1) is 0 Å². The number of rotatable bonds is 3. The maximum Gasteiger partial charge on any atom is 0.0726 e. The molecule has 1 aliphatic carbocycles. The first kappa shape index (κ1) is 12.3. The Kier molecular flexibility index (Phi) is 3.88. The lowest BCUT2D eigenvalue weighted by Crippen LogP contribution is -2.54. The van der Waals surface area contributed by atoms with Crippen LogP contribution < -0.4 is 5.32 Å². The van der Waals surface area contributed by atoms with Crippen molar-refractivity contribution in [3.63, 3.8) is 0 Å². The second kappa shape index (κ2) is 5.03. The smallest absolute Gasteiger partial charge is 0.0726 e. The van der Waals surface area contributed by atoms with Gasteiger partial charge in [0.05, 0.1) is 12.2 Å². The topological polar surface area (TPSA) is 30.5 Å². The van der Waals surface area contributed by atoms with Gasteiger partial charge >= 0.3 is 0 Å². The third kappa shape index (κ3) is 2.58. The van der Waals surface area contributed by atoms with Crippen LogP contribution in [0.2, 0.25) is 0 Å². The van der Waals surface area contributed by atoms with Crippen LogP contribution in [0.15, 0.2) is 0 Å². The van der Waals surface area contributed by atoms with Gasteiger partial charge < -0.3 is 14.8 Å². The minimum atomic E-state index is 0.167. The van der Waals surface area contributed by atoms with E-state index in [2.05, 4.69) is 19.2 Å². The molecule has 0 aromatic carbocycles. The molecule has 1 saturated heterocycles. The zero-order valence-electron chi connectivity index (χ0n) is 10.8. The van der Waals surface area contributed by atoms with Crippen molar-refractivity contribution in [3.8, 4) is 0 Å². The fourth-order valence-corrected chi connectivity index (χ4v) is 2.98. The highest BCUT2D eigenvalue weighted by molar-refractivity contribution is 4.96. The minimum Gasteiger partial charge on any atom is -0.381 e. The third-order valence-electron chi connectivity index (χ3n) is 4.38. The van der Waals surface area contributed by atoms with E-state index in [0.717, 1.165) is 19.4 Å². The summed E-state index contributed by atoms with van der Waals surface area (Å²) in [7, 11) is 1.83. The summed E-state index contributed by atoms with van der Waals surface area (Å²) in [6, 6.07) is 0.604. The highest BCUT2D eigenvalue weighted by Gasteiger charge is 2.39. The lowest BCUT2D eigenvalue weighted by Gasteiger charge is -2.37. The summed E-state index contributed by atoms with van der Waals surface area (Å²) in [5.74, 6) is 0. The van der Waals surface area contributed by atoms with Crippen LogP contribution in [0.5, 0.6) is 0 Å². The van der Waals surface area contributed by atoms with Crippen LogP contribution in [0.4, 0.5) is 0 Å². The van der Waals surface area contributed by atoms with Gasteiger partial charge in [-0.3, -0.25) is 0 Å². The molecule has 1 N–H and O–H groups in total. The summed E-state index contributed by atoms with van der Waals surface area (Å²) in [5.41, 5.74) is 0.167. The Morgan fingerprint density at radius 1 is 1.38 bits per heavy atom. The summed E-state index contributed by atoms with van der Waals surface area (Å²) in [6.45, 7) is 5.36. The van der Waals surface area contributed by atoms with Gasteiger partial charge in [-0.05, 0) is 46.0 Å². The monoisotopic (exact) mass is 227 g/mol. The predicted octanol–water partition coefficient (Wildman–Crippen LogP) is 2.10. The van der Waals surface area contributed by atoms with Gasteiger partial charge in [-0.2, -0.15) is 0 Å². The molecule has 1 heterocycles. The van der Waals surface area contributed by atoms with Crippen molar-refractivity contribution in [2.45, 2.75) is 69.7 Å². The van der Waals surface area contributed by atoms with E-state index in [4.69, 9.17) is 9.47 Å². The largest absolute Gasteiger partial charge is 0.381 e. The summed E-state index contributed by atoms with van der Waals surface area (Å²) < 4.78 is 11.1. The third-order valence-corrected chi connectivity index (χ3v) is 4.38. The lowest BCUT2D eigenvalue weighted by molar-refractivity contribution is 0.0423. The molecular formula is C13H25NO2. The first-order chi connectivity index (χ1) is 7.64. The van der Waals surface area contributed by atoms with Crippen molar-refractivity contribution in [1.29, 1.82) is 0 Å². The van der Waals surface area contributed by atoms with Gasteiger partial charge in [0.25, 0.3) is 0 Å². The molecule has 0 aromatic heterocycles. The van der Waals surface area contributed by atoms with Crippen molar-refractivity contribution >= 4 is 0 Å². The van der Waals surface area contributed by atoms with E-state index in [1.165, 1.54) is 19.3 Å². The minimum absolute atomic E-state index is 0.167. The second-order valence-corrected chi connectivity index (χ2v) is 5.55. The first-order valence-corrected chi connectivity index (χ1v) is 6.56. The first-order valence-electron chi connectivity index (χ1n) is 6.56. The molecule has 0 aromatic rings. The molecular weight excluding hydrogens is 202 g/mol. The molecule has 1 saturated carbocycles. The number of nitrogens with one attached hydrogen (secondary N) is 1. The molecule has 2 aliphatic rings. The molecule has 3 heteroatoms. The van der Waals surface area contributed by atoms with E-state index in [0.29, 0.717) is 18.2 Å². The van der Waals surface area contributed by atoms with Crippen molar-refractivity contribution < 1.29 is 9.47 Å². The fraction of sp³-hybridized carbons (Fsp3) is 1.00. The van der Waals surface area contributed by atoms with Crippen LogP contribution in [0, 0.1) is 0 Å². The molecule has 0 spiro atoms. The molecule has 0 radical (unpaired) electrons. The molecule has 4 atom stereocenters. The van der Waals surface area contributed by atoms with Crippen LogP contribution in [0.1, 0.15) is 46.0 Å². The van der Waals surface area contributed by atoms with Crippen molar-refractivity contribution in [1.82, 2.24) is 5.32 Å². The van der Waals surface area contributed by atoms with E-state index < -0.39 is 0 Å². The Hall–Kier alpha value is -0.120. The summed E-state index contributed by atoms with van der Waals surface area (Å²) in [6.07, 6.45) is 6.84. The van der Waals surface area contributed by atoms with E-state index in [-0.39, 0.29) is 5.54 Å². The van der Waals surface area contributed by atoms with E-state index in [1.807, 2.05) is 7.11 Å². The van der Waals surface area contributed by atoms with Crippen LogP contribution in [-0.2, 0) is 9.47 Å². The van der Waals surface area contributed by atoms with Crippen LogP contribution in [-0.4, -0.2) is 37.5 Å². The van der Waals surface area contributed by atoms with Crippen molar-refractivity contribution in [2.24, 2.45) is 0 Å². The van der Waals surface area contributed by atoms with Gasteiger partial charge in [0.15, 0.2) is 0 Å². The lowest BCUT2D eigenvalue weighted by atomic mass is 9.87. The molecule has 2 fully saturated rings.